The molecular formula is C15H14F3N5O2. The molecule has 0 unspecified atom stereocenters. The van der Waals surface area contributed by atoms with Gasteiger partial charge in [-0.1, -0.05) is 12.1 Å². The minimum absolute atomic E-state index is 0.0992. The van der Waals surface area contributed by atoms with Crippen LogP contribution in [0.25, 0.3) is 0 Å². The highest BCUT2D eigenvalue weighted by Gasteiger charge is 2.07. The van der Waals surface area contributed by atoms with E-state index in [9.17, 15) is 13.2 Å². The summed E-state index contributed by atoms with van der Waals surface area (Å²) in [6, 6.07) is 4.68. The van der Waals surface area contributed by atoms with Gasteiger partial charge < -0.3 is 15.3 Å². The summed E-state index contributed by atoms with van der Waals surface area (Å²) in [7, 11) is 0. The molecular weight excluding hydrogens is 339 g/mol. The van der Waals surface area contributed by atoms with Crippen LogP contribution >= 0.6 is 0 Å². The molecule has 0 atom stereocenters. The lowest BCUT2D eigenvalue weighted by Crippen LogP contribution is -2.16. The van der Waals surface area contributed by atoms with Crippen LogP contribution in [0.4, 0.5) is 18.9 Å². The molecule has 0 saturated heterocycles. The SMILES string of the molecule is Cc1cccc(N=CC(COc2ncc(OC(F)F)cn2)=NN)c1F. The number of aryl methyl sites for hydroxylation is 1. The first-order valence-electron chi connectivity index (χ1n) is 6.95. The van der Waals surface area contributed by atoms with Crippen molar-refractivity contribution < 1.29 is 22.6 Å². The number of aromatic nitrogens is 2. The maximum atomic E-state index is 13.8. The quantitative estimate of drug-likeness (QED) is 0.469. The molecule has 0 aliphatic carbocycles. The van der Waals surface area contributed by atoms with E-state index >= 15 is 0 Å². The second-order valence-corrected chi connectivity index (χ2v) is 4.66. The third-order valence-electron chi connectivity index (χ3n) is 2.87. The third-order valence-corrected chi connectivity index (χ3v) is 2.87. The molecule has 7 nitrogen and oxygen atoms in total. The summed E-state index contributed by atoms with van der Waals surface area (Å²) in [6.45, 7) is -1.50. The van der Waals surface area contributed by atoms with Gasteiger partial charge in [-0.15, -0.1) is 0 Å². The summed E-state index contributed by atoms with van der Waals surface area (Å²) in [5, 5.41) is 3.47. The van der Waals surface area contributed by atoms with Crippen LogP contribution in [-0.4, -0.2) is 35.1 Å². The van der Waals surface area contributed by atoms with Crippen LogP contribution in [0.3, 0.4) is 0 Å². The van der Waals surface area contributed by atoms with E-state index in [1.165, 1.54) is 12.3 Å². The summed E-state index contributed by atoms with van der Waals surface area (Å²) in [5.41, 5.74) is 0.778. The predicted molar refractivity (Wildman–Crippen MR) is 85.1 cm³/mol. The largest absolute Gasteiger partial charge is 0.457 e. The van der Waals surface area contributed by atoms with E-state index in [2.05, 4.69) is 24.8 Å². The molecule has 0 radical (unpaired) electrons. The van der Waals surface area contributed by atoms with Crippen LogP contribution in [0.15, 0.2) is 40.7 Å². The van der Waals surface area contributed by atoms with E-state index in [4.69, 9.17) is 10.6 Å². The molecule has 0 aliphatic heterocycles. The van der Waals surface area contributed by atoms with Crippen molar-refractivity contribution in [3.63, 3.8) is 0 Å². The van der Waals surface area contributed by atoms with Crippen molar-refractivity contribution in [2.45, 2.75) is 13.5 Å². The number of hydrogen-bond donors (Lipinski definition) is 1. The first-order chi connectivity index (χ1) is 12.0. The van der Waals surface area contributed by atoms with Gasteiger partial charge in [0.15, 0.2) is 11.6 Å². The Labute approximate surface area is 141 Å². The van der Waals surface area contributed by atoms with Gasteiger partial charge in [-0.25, -0.2) is 4.39 Å². The fourth-order valence-corrected chi connectivity index (χ4v) is 1.66. The standard InChI is InChI=1S/C15H14F3N5O2/c1-9-3-2-4-12(13(9)16)20-5-10(23-19)8-24-15-21-6-11(7-22-15)25-14(17)18/h2-7,14H,8,19H2,1H3. The monoisotopic (exact) mass is 353 g/mol. The lowest BCUT2D eigenvalue weighted by Gasteiger charge is -2.05. The Bertz CT molecular complexity index is 766. The Morgan fingerprint density at radius 1 is 1.32 bits per heavy atom. The van der Waals surface area contributed by atoms with E-state index in [1.807, 2.05) is 0 Å². The number of aliphatic imine (C=N–C) groups is 1. The van der Waals surface area contributed by atoms with E-state index < -0.39 is 12.4 Å². The van der Waals surface area contributed by atoms with Crippen molar-refractivity contribution in [1.29, 1.82) is 0 Å². The molecule has 10 heteroatoms. The lowest BCUT2D eigenvalue weighted by molar-refractivity contribution is -0.0504. The van der Waals surface area contributed by atoms with Gasteiger partial charge in [0.2, 0.25) is 0 Å². The number of hydrazone groups is 1. The number of halogens is 3. The van der Waals surface area contributed by atoms with Gasteiger partial charge in [0.1, 0.15) is 12.3 Å². The second-order valence-electron chi connectivity index (χ2n) is 4.66. The number of alkyl halides is 2. The summed E-state index contributed by atoms with van der Waals surface area (Å²) in [6.07, 6.45) is 3.31. The van der Waals surface area contributed by atoms with Crippen molar-refractivity contribution in [1.82, 2.24) is 9.97 Å². The maximum absolute atomic E-state index is 13.8. The van der Waals surface area contributed by atoms with E-state index in [0.29, 0.717) is 5.56 Å². The zero-order valence-electron chi connectivity index (χ0n) is 13.1. The van der Waals surface area contributed by atoms with Gasteiger partial charge in [0.25, 0.3) is 0 Å². The fourth-order valence-electron chi connectivity index (χ4n) is 1.66. The minimum Gasteiger partial charge on any atom is -0.457 e. The van der Waals surface area contributed by atoms with Crippen molar-refractivity contribution in [3.05, 3.63) is 42.0 Å². The van der Waals surface area contributed by atoms with Crippen LogP contribution in [0, 0.1) is 12.7 Å². The molecule has 0 saturated carbocycles. The van der Waals surface area contributed by atoms with Crippen LogP contribution in [0.5, 0.6) is 11.8 Å². The van der Waals surface area contributed by atoms with Crippen molar-refractivity contribution in [2.75, 3.05) is 6.61 Å². The van der Waals surface area contributed by atoms with Crippen molar-refractivity contribution >= 4 is 17.6 Å². The van der Waals surface area contributed by atoms with Gasteiger partial charge in [-0.3, -0.25) is 4.99 Å². The zero-order valence-corrected chi connectivity index (χ0v) is 13.1. The molecule has 0 aliphatic rings. The number of ether oxygens (including phenoxy) is 2. The van der Waals surface area contributed by atoms with Gasteiger partial charge >= 0.3 is 12.6 Å². The van der Waals surface area contributed by atoms with Crippen molar-refractivity contribution in [3.8, 4) is 11.8 Å². The third kappa shape index (κ3) is 5.44. The molecule has 1 heterocycles. The molecule has 25 heavy (non-hydrogen) atoms. The van der Waals surface area contributed by atoms with Gasteiger partial charge in [-0.2, -0.15) is 23.9 Å². The van der Waals surface area contributed by atoms with Gasteiger partial charge in [-0.05, 0) is 18.6 Å². The average Bonchev–Trinajstić information content (AvgIpc) is 2.59. The highest BCUT2D eigenvalue weighted by molar-refractivity contribution is 6.31. The van der Waals surface area contributed by atoms with E-state index in [1.54, 1.807) is 19.1 Å². The van der Waals surface area contributed by atoms with Gasteiger partial charge in [0, 0.05) is 0 Å². The predicted octanol–water partition coefficient (Wildman–Crippen LogP) is 2.62. The molecule has 0 bridgehead atoms. The smallest absolute Gasteiger partial charge is 0.387 e. The average molecular weight is 353 g/mol. The van der Waals surface area contributed by atoms with Crippen LogP contribution in [0.2, 0.25) is 0 Å². The topological polar surface area (TPSA) is 95.0 Å². The van der Waals surface area contributed by atoms with Crippen molar-refractivity contribution in [2.24, 2.45) is 15.9 Å². The second kappa shape index (κ2) is 8.62. The van der Waals surface area contributed by atoms with Crippen LogP contribution in [0.1, 0.15) is 5.56 Å². The van der Waals surface area contributed by atoms with Crippen LogP contribution < -0.4 is 15.3 Å². The summed E-state index contributed by atoms with van der Waals surface area (Å²) < 4.78 is 47.2. The molecule has 132 valence electrons. The zero-order chi connectivity index (χ0) is 18.2. The highest BCUT2D eigenvalue weighted by atomic mass is 19.3. The number of benzene rings is 1. The Morgan fingerprint density at radius 2 is 2.04 bits per heavy atom. The Hall–Kier alpha value is -3.17. The summed E-state index contributed by atoms with van der Waals surface area (Å²) in [4.78, 5) is 11.3. The highest BCUT2D eigenvalue weighted by Crippen LogP contribution is 2.19. The normalized spacial score (nSPS) is 12.0. The first kappa shape index (κ1) is 18.2. The molecule has 0 amide bonds. The number of rotatable bonds is 7. The fraction of sp³-hybridized carbons (Fsp3) is 0.200. The lowest BCUT2D eigenvalue weighted by atomic mass is 10.2. The maximum Gasteiger partial charge on any atom is 0.387 e. The Morgan fingerprint density at radius 3 is 2.68 bits per heavy atom. The van der Waals surface area contributed by atoms with Crippen LogP contribution in [-0.2, 0) is 0 Å². The minimum atomic E-state index is -2.97. The molecule has 2 rings (SSSR count). The molecule has 1 aromatic carbocycles. The molecule has 0 fully saturated rings. The molecule has 1 aromatic heterocycles. The first-order valence-corrected chi connectivity index (χ1v) is 6.95. The van der Waals surface area contributed by atoms with E-state index in [0.717, 1.165) is 12.4 Å². The van der Waals surface area contributed by atoms with Gasteiger partial charge in [0.05, 0.1) is 24.3 Å². The molecule has 2 aromatic rings. The Balaban J connectivity index is 1.96. The summed E-state index contributed by atoms with van der Waals surface area (Å²) in [5.74, 6) is 4.57. The Kier molecular flexibility index (Phi) is 6.26. The molecule has 2 N–H and O–H groups in total. The number of hydrogen-bond acceptors (Lipinski definition) is 7. The molecule has 0 spiro atoms. The number of nitrogens with two attached hydrogens (primary N) is 1. The number of nitrogens with zero attached hydrogens (tertiary/aromatic N) is 4. The van der Waals surface area contributed by atoms with E-state index in [-0.39, 0.29) is 29.8 Å². The summed E-state index contributed by atoms with van der Waals surface area (Å²) >= 11 is 0.